The first-order valence-electron chi connectivity index (χ1n) is 18.3. The topological polar surface area (TPSA) is 116 Å². The summed E-state index contributed by atoms with van der Waals surface area (Å²) in [5.41, 5.74) is 4.06. The minimum absolute atomic E-state index is 0.000696. The van der Waals surface area contributed by atoms with E-state index < -0.39 is 5.79 Å². The molecule has 9 nitrogen and oxygen atoms in total. The van der Waals surface area contributed by atoms with Crippen LogP contribution in [0.5, 0.6) is 17.2 Å². The van der Waals surface area contributed by atoms with E-state index >= 15 is 0 Å². The van der Waals surface area contributed by atoms with Gasteiger partial charge in [-0.3, -0.25) is 9.97 Å². The minimum atomic E-state index is -1.02. The number of fused-ring (bicyclic) bond motifs is 2. The van der Waals surface area contributed by atoms with Crippen molar-refractivity contribution in [2.75, 3.05) is 38.9 Å². The van der Waals surface area contributed by atoms with Gasteiger partial charge < -0.3 is 29.3 Å². The first-order valence-corrected chi connectivity index (χ1v) is 20.6. The van der Waals surface area contributed by atoms with E-state index in [0.717, 1.165) is 90.5 Å². The Kier molecular flexibility index (Phi) is 13.7. The van der Waals surface area contributed by atoms with Crippen molar-refractivity contribution >= 4 is 29.2 Å². The Morgan fingerprint density at radius 1 is 1.04 bits per heavy atom. The van der Waals surface area contributed by atoms with Gasteiger partial charge in [0.2, 0.25) is 5.79 Å². The van der Waals surface area contributed by atoms with E-state index in [1.165, 1.54) is 4.90 Å². The number of hydrogen-bond donors (Lipinski definition) is 2. The normalized spacial score (nSPS) is 25.4. The van der Waals surface area contributed by atoms with Gasteiger partial charge in [-0.1, -0.05) is 30.1 Å². The number of hydrogen-bond acceptors (Lipinski definition) is 11. The van der Waals surface area contributed by atoms with Gasteiger partial charge >= 0.3 is 0 Å². The van der Waals surface area contributed by atoms with Gasteiger partial charge in [-0.2, -0.15) is 11.8 Å². The van der Waals surface area contributed by atoms with Crippen LogP contribution in [0.4, 0.5) is 0 Å². The summed E-state index contributed by atoms with van der Waals surface area (Å²) in [5.74, 6) is 2.34. The molecular formula is C41H51N3O6S2. The van der Waals surface area contributed by atoms with Crippen LogP contribution in [-0.2, 0) is 16.0 Å². The molecule has 278 valence electrons. The maximum atomic E-state index is 9.85. The van der Waals surface area contributed by atoms with Gasteiger partial charge in [-0.05, 0) is 97.6 Å². The molecule has 1 fully saturated rings. The third-order valence-corrected chi connectivity index (χ3v) is 12.5. The van der Waals surface area contributed by atoms with Crippen molar-refractivity contribution < 1.29 is 29.3 Å². The molecular weight excluding hydrogens is 695 g/mol. The summed E-state index contributed by atoms with van der Waals surface area (Å²) >= 11 is 3.51. The second kappa shape index (κ2) is 18.6. The molecule has 3 aliphatic rings. The van der Waals surface area contributed by atoms with Gasteiger partial charge in [0, 0.05) is 61.0 Å². The molecule has 0 radical (unpaired) electrons. The van der Waals surface area contributed by atoms with E-state index in [1.54, 1.807) is 37.3 Å². The van der Waals surface area contributed by atoms with Crippen LogP contribution in [0.2, 0.25) is 0 Å². The van der Waals surface area contributed by atoms with Crippen LogP contribution in [0.25, 0.3) is 0 Å². The quantitative estimate of drug-likeness (QED) is 0.0538. The van der Waals surface area contributed by atoms with Crippen molar-refractivity contribution in [1.82, 2.24) is 9.97 Å². The molecule has 0 bridgehead atoms. The second-order valence-corrected chi connectivity index (χ2v) is 15.7. The van der Waals surface area contributed by atoms with E-state index in [0.29, 0.717) is 13.0 Å². The Labute approximate surface area is 316 Å². The largest absolute Gasteiger partial charge is 0.460 e. The van der Waals surface area contributed by atoms with E-state index in [9.17, 15) is 10.2 Å². The molecule has 6 rings (SSSR count). The monoisotopic (exact) mass is 745 g/mol. The van der Waals surface area contributed by atoms with Gasteiger partial charge in [0.25, 0.3) is 0 Å². The van der Waals surface area contributed by atoms with Crippen LogP contribution < -0.4 is 9.47 Å². The van der Waals surface area contributed by atoms with Crippen LogP contribution in [0.1, 0.15) is 62.1 Å². The molecule has 0 amide bonds. The smallest absolute Gasteiger partial charge is 0.230 e. The summed E-state index contributed by atoms with van der Waals surface area (Å²) in [4.78, 5) is 15.5. The van der Waals surface area contributed by atoms with Gasteiger partial charge in [-0.25, -0.2) is 0 Å². The summed E-state index contributed by atoms with van der Waals surface area (Å²) < 4.78 is 20.7. The van der Waals surface area contributed by atoms with Gasteiger partial charge in [0.05, 0.1) is 29.2 Å². The zero-order valence-electron chi connectivity index (χ0n) is 30.2. The number of oxime groups is 1. The maximum absolute atomic E-state index is 9.85. The molecule has 2 aromatic carbocycles. The standard InChI is InChI=1S/C41H51N3O6S2/c1-4-22-48-41-38(52-23-17-29-27-42-18-19-43-29)26-36(44-47-2)34-24-28(9-5-7-20-45)33(10-6-8-21-46)39(40(34)41)35-25-31(13-16-37(35)50-41)49-30-11-14-32(51-3)15-12-30/h4,11-16,18-19,24-25,27-28,33,38-40,45-46H,1,5-10,17,20-23,26H2,2-3H3. The molecule has 11 heteroatoms. The van der Waals surface area contributed by atoms with E-state index in [-0.39, 0.29) is 42.1 Å². The molecule has 2 N–H and O–H groups in total. The Morgan fingerprint density at radius 3 is 2.54 bits per heavy atom. The van der Waals surface area contributed by atoms with Crippen LogP contribution in [0.3, 0.4) is 0 Å². The molecule has 6 atom stereocenters. The van der Waals surface area contributed by atoms with E-state index in [1.807, 2.05) is 42.2 Å². The van der Waals surface area contributed by atoms with Crippen molar-refractivity contribution in [3.63, 3.8) is 0 Å². The molecule has 3 aromatic rings. The molecule has 0 saturated heterocycles. The first kappa shape index (κ1) is 38.4. The lowest BCUT2D eigenvalue weighted by Crippen LogP contribution is -2.64. The average Bonchev–Trinajstić information content (AvgIpc) is 3.17. The highest BCUT2D eigenvalue weighted by atomic mass is 32.2. The Balaban J connectivity index is 1.48. The summed E-state index contributed by atoms with van der Waals surface area (Å²) in [6, 6.07) is 14.3. The van der Waals surface area contributed by atoms with Crippen molar-refractivity contribution in [3.8, 4) is 17.2 Å². The SMILES string of the molecule is C=CCOC12Oc3ccc(Oc4ccc(SC)cc4)cc3C3C(CCCCO)C(CCCCO)C=C(C(=NOC)CC1SCCc1cnccn1)C32. The van der Waals surface area contributed by atoms with Crippen LogP contribution in [0.15, 0.2) is 95.4 Å². The summed E-state index contributed by atoms with van der Waals surface area (Å²) in [7, 11) is 1.61. The Bertz CT molecular complexity index is 1670. The first-order chi connectivity index (χ1) is 25.5. The fourth-order valence-corrected chi connectivity index (χ4v) is 9.98. The third-order valence-electron chi connectivity index (χ3n) is 10.4. The molecule has 0 spiro atoms. The van der Waals surface area contributed by atoms with Crippen molar-refractivity contribution in [2.24, 2.45) is 22.9 Å². The number of rotatable bonds is 19. The van der Waals surface area contributed by atoms with Crippen molar-refractivity contribution in [1.29, 1.82) is 0 Å². The minimum Gasteiger partial charge on any atom is -0.460 e. The summed E-state index contributed by atoms with van der Waals surface area (Å²) in [6.07, 6.45) is 18.0. The number of aryl methyl sites for hydroxylation is 1. The maximum Gasteiger partial charge on any atom is 0.230 e. The highest BCUT2D eigenvalue weighted by Crippen LogP contribution is 2.62. The fraction of sp³-hybridized carbons (Fsp3) is 0.488. The molecule has 52 heavy (non-hydrogen) atoms. The Hall–Kier alpha value is -3.35. The van der Waals surface area contributed by atoms with Crippen molar-refractivity contribution in [2.45, 2.75) is 73.2 Å². The lowest BCUT2D eigenvalue weighted by molar-refractivity contribution is -0.223. The number of thioether (sulfide) groups is 2. The number of unbranched alkanes of at least 4 members (excludes halogenated alkanes) is 2. The third kappa shape index (κ3) is 8.55. The van der Waals surface area contributed by atoms with Gasteiger partial charge in [0.1, 0.15) is 24.4 Å². The average molecular weight is 746 g/mol. The number of nitrogens with zero attached hydrogens (tertiary/aromatic N) is 3. The number of aromatic nitrogens is 2. The molecule has 1 aromatic heterocycles. The molecule has 2 heterocycles. The predicted molar refractivity (Wildman–Crippen MR) is 208 cm³/mol. The highest BCUT2D eigenvalue weighted by molar-refractivity contribution is 8.00. The fourth-order valence-electron chi connectivity index (χ4n) is 8.19. The zero-order chi connectivity index (χ0) is 36.3. The summed E-state index contributed by atoms with van der Waals surface area (Å²) in [6.45, 7) is 4.68. The van der Waals surface area contributed by atoms with Gasteiger partial charge in [-0.15, -0.1) is 18.3 Å². The summed E-state index contributed by atoms with van der Waals surface area (Å²) in [5, 5.41) is 24.1. The van der Waals surface area contributed by atoms with E-state index in [4.69, 9.17) is 19.0 Å². The van der Waals surface area contributed by atoms with Crippen LogP contribution in [-0.4, -0.2) is 75.9 Å². The number of benzene rings is 2. The van der Waals surface area contributed by atoms with Gasteiger partial charge in [0.15, 0.2) is 0 Å². The van der Waals surface area contributed by atoms with Crippen molar-refractivity contribution in [3.05, 3.63) is 96.6 Å². The second-order valence-electron chi connectivity index (χ2n) is 13.5. The molecule has 1 aliphatic heterocycles. The zero-order valence-corrected chi connectivity index (χ0v) is 31.8. The number of allylic oxidation sites excluding steroid dienone is 1. The van der Waals surface area contributed by atoms with Crippen LogP contribution in [0, 0.1) is 17.8 Å². The number of ether oxygens (including phenoxy) is 3. The lowest BCUT2D eigenvalue weighted by atomic mass is 9.56. The lowest BCUT2D eigenvalue weighted by Gasteiger charge is -2.58. The Morgan fingerprint density at radius 2 is 1.83 bits per heavy atom. The molecule has 1 saturated carbocycles. The number of aliphatic hydroxyl groups is 2. The van der Waals surface area contributed by atoms with E-state index in [2.05, 4.69) is 52.2 Å². The predicted octanol–water partition coefficient (Wildman–Crippen LogP) is 8.23. The number of aliphatic hydroxyl groups excluding tert-OH is 2. The highest BCUT2D eigenvalue weighted by Gasteiger charge is 2.63. The molecule has 6 unspecified atom stereocenters. The van der Waals surface area contributed by atoms with Crippen LogP contribution >= 0.6 is 23.5 Å². The molecule has 2 aliphatic carbocycles.